The van der Waals surface area contributed by atoms with E-state index in [9.17, 15) is 14.4 Å². The first-order chi connectivity index (χ1) is 13.4. The molecule has 0 heterocycles. The van der Waals surface area contributed by atoms with Gasteiger partial charge in [-0.1, -0.05) is 54.1 Å². The Hall–Kier alpha value is -2.51. The third-order valence-corrected chi connectivity index (χ3v) is 5.32. The van der Waals surface area contributed by atoms with Crippen LogP contribution in [0.25, 0.3) is 0 Å². The second kappa shape index (κ2) is 10.7. The van der Waals surface area contributed by atoms with Gasteiger partial charge in [-0.15, -0.1) is 11.8 Å². The van der Waals surface area contributed by atoms with Crippen LogP contribution in [0.3, 0.4) is 0 Å². The number of urea groups is 1. The van der Waals surface area contributed by atoms with Crippen LogP contribution in [0.2, 0.25) is 5.02 Å². The molecule has 0 unspecified atom stereocenters. The van der Waals surface area contributed by atoms with E-state index >= 15 is 0 Å². The molecule has 0 aromatic heterocycles. The van der Waals surface area contributed by atoms with Crippen LogP contribution in [0.15, 0.2) is 54.6 Å². The Labute approximate surface area is 173 Å². The molecule has 0 spiro atoms. The summed E-state index contributed by atoms with van der Waals surface area (Å²) in [7, 11) is 1.39. The molecule has 2 rings (SSSR count). The van der Waals surface area contributed by atoms with Gasteiger partial charge in [-0.25, -0.2) is 4.79 Å². The van der Waals surface area contributed by atoms with Gasteiger partial charge in [-0.3, -0.25) is 14.9 Å². The number of rotatable bonds is 7. The van der Waals surface area contributed by atoms with Gasteiger partial charge in [0.15, 0.2) is 6.10 Å². The molecular weight excluding hydrogens is 400 g/mol. The van der Waals surface area contributed by atoms with Gasteiger partial charge in [0.2, 0.25) is 0 Å². The fraction of sp³-hybridized carbons (Fsp3) is 0.250. The van der Waals surface area contributed by atoms with Gasteiger partial charge < -0.3 is 10.1 Å². The van der Waals surface area contributed by atoms with Crippen molar-refractivity contribution in [2.24, 2.45) is 0 Å². The fourth-order valence-corrected chi connectivity index (χ4v) is 3.56. The molecule has 2 aromatic carbocycles. The van der Waals surface area contributed by atoms with Crippen LogP contribution in [0.1, 0.15) is 23.3 Å². The largest absolute Gasteiger partial charge is 0.452 e. The van der Waals surface area contributed by atoms with Crippen LogP contribution in [0.4, 0.5) is 4.79 Å². The van der Waals surface area contributed by atoms with Crippen LogP contribution in [-0.4, -0.2) is 36.8 Å². The zero-order valence-corrected chi connectivity index (χ0v) is 17.0. The highest BCUT2D eigenvalue weighted by Crippen LogP contribution is 2.36. The summed E-state index contributed by atoms with van der Waals surface area (Å²) >= 11 is 7.36. The second-order valence-corrected chi connectivity index (χ2v) is 7.38. The molecule has 0 aliphatic heterocycles. The monoisotopic (exact) mass is 420 g/mol. The van der Waals surface area contributed by atoms with Crippen molar-refractivity contribution in [1.29, 1.82) is 0 Å². The lowest BCUT2D eigenvalue weighted by Crippen LogP contribution is -2.43. The molecule has 6 nitrogen and oxygen atoms in total. The molecule has 0 saturated carbocycles. The Balaban J connectivity index is 2.01. The molecular formula is C20H21ClN2O4S. The minimum absolute atomic E-state index is 0.0414. The normalized spacial score (nSPS) is 12.5. The van der Waals surface area contributed by atoms with Crippen molar-refractivity contribution in [2.45, 2.75) is 18.3 Å². The third-order valence-electron chi connectivity index (χ3n) is 3.78. The Morgan fingerprint density at radius 1 is 1.04 bits per heavy atom. The molecule has 0 radical (unpaired) electrons. The van der Waals surface area contributed by atoms with Crippen molar-refractivity contribution in [3.8, 4) is 0 Å². The number of carbonyl (C=O) groups is 3. The van der Waals surface area contributed by atoms with E-state index in [0.29, 0.717) is 5.02 Å². The van der Waals surface area contributed by atoms with E-state index in [-0.39, 0.29) is 11.0 Å². The van der Waals surface area contributed by atoms with Gasteiger partial charge in [-0.05, 0) is 30.2 Å². The molecule has 2 atom stereocenters. The van der Waals surface area contributed by atoms with Gasteiger partial charge >= 0.3 is 12.0 Å². The lowest BCUT2D eigenvalue weighted by molar-refractivity contribution is -0.151. The Morgan fingerprint density at radius 3 is 2.25 bits per heavy atom. The number of benzene rings is 2. The van der Waals surface area contributed by atoms with Crippen LogP contribution in [0, 0.1) is 0 Å². The molecule has 8 heteroatoms. The molecule has 0 fully saturated rings. The van der Waals surface area contributed by atoms with Crippen LogP contribution in [-0.2, 0) is 14.3 Å². The van der Waals surface area contributed by atoms with Gasteiger partial charge in [0.05, 0.1) is 11.0 Å². The van der Waals surface area contributed by atoms with Crippen molar-refractivity contribution < 1.29 is 19.1 Å². The molecule has 0 bridgehead atoms. The summed E-state index contributed by atoms with van der Waals surface area (Å²) in [4.78, 5) is 35.2. The summed E-state index contributed by atoms with van der Waals surface area (Å²) in [6.45, 7) is 1.41. The van der Waals surface area contributed by atoms with E-state index in [1.165, 1.54) is 25.7 Å². The highest BCUT2D eigenvalue weighted by molar-refractivity contribution is 8.00. The lowest BCUT2D eigenvalue weighted by atomic mass is 10.0. The standard InChI is InChI=1S/C20H21ClN2O4S/c1-13(19(25)23-20(26)22-2)27-17(24)12-28-18(14-6-4-3-5-7-14)15-8-10-16(21)11-9-15/h3-11,13,18H,12H2,1-2H3,(H2,22,23,25,26)/t13-,18-/m0/s1. The Kier molecular flexibility index (Phi) is 8.35. The van der Waals surface area contributed by atoms with E-state index in [1.54, 1.807) is 12.1 Å². The summed E-state index contributed by atoms with van der Waals surface area (Å²) in [6, 6.07) is 16.5. The predicted octanol–water partition coefficient (Wildman–Crippen LogP) is 3.55. The Bertz CT molecular complexity index is 815. The third kappa shape index (κ3) is 6.58. The number of imide groups is 1. The Morgan fingerprint density at radius 2 is 1.64 bits per heavy atom. The fourth-order valence-electron chi connectivity index (χ4n) is 2.36. The zero-order valence-electron chi connectivity index (χ0n) is 15.5. The molecule has 3 amide bonds. The number of amides is 3. The van der Waals surface area contributed by atoms with Crippen LogP contribution in [0.5, 0.6) is 0 Å². The van der Waals surface area contributed by atoms with Gasteiger partial charge in [0.1, 0.15) is 0 Å². The number of thioether (sulfide) groups is 1. The summed E-state index contributed by atoms with van der Waals surface area (Å²) in [5.41, 5.74) is 2.03. The van der Waals surface area contributed by atoms with Crippen LogP contribution >= 0.6 is 23.4 Å². The minimum Gasteiger partial charge on any atom is -0.452 e. The zero-order chi connectivity index (χ0) is 20.5. The predicted molar refractivity (Wildman–Crippen MR) is 110 cm³/mol. The number of hydrogen-bond acceptors (Lipinski definition) is 5. The molecule has 2 N–H and O–H groups in total. The van der Waals surface area contributed by atoms with Gasteiger partial charge in [0.25, 0.3) is 5.91 Å². The average molecular weight is 421 g/mol. The van der Waals surface area contributed by atoms with Crippen molar-refractivity contribution in [1.82, 2.24) is 10.6 Å². The first-order valence-corrected chi connectivity index (χ1v) is 9.97. The van der Waals surface area contributed by atoms with E-state index in [0.717, 1.165) is 11.1 Å². The maximum Gasteiger partial charge on any atom is 0.321 e. The minimum atomic E-state index is -1.07. The molecule has 148 valence electrons. The number of halogens is 1. The number of hydrogen-bond donors (Lipinski definition) is 2. The van der Waals surface area contributed by atoms with Gasteiger partial charge in [-0.2, -0.15) is 0 Å². The highest BCUT2D eigenvalue weighted by Gasteiger charge is 2.22. The van der Waals surface area contributed by atoms with E-state index < -0.39 is 24.0 Å². The quantitative estimate of drug-likeness (QED) is 0.669. The molecule has 2 aromatic rings. The number of carbonyl (C=O) groups excluding carboxylic acids is 3. The first kappa shape index (κ1) is 21.8. The topological polar surface area (TPSA) is 84.5 Å². The van der Waals surface area contributed by atoms with Gasteiger partial charge in [0, 0.05) is 12.1 Å². The maximum atomic E-state index is 12.2. The summed E-state index contributed by atoms with van der Waals surface area (Å²) < 4.78 is 5.13. The first-order valence-electron chi connectivity index (χ1n) is 8.54. The second-order valence-electron chi connectivity index (χ2n) is 5.85. The molecule has 0 aliphatic rings. The van der Waals surface area contributed by atoms with Crippen molar-refractivity contribution in [3.63, 3.8) is 0 Å². The maximum absolute atomic E-state index is 12.2. The van der Waals surface area contributed by atoms with E-state index in [2.05, 4.69) is 10.6 Å². The van der Waals surface area contributed by atoms with E-state index in [1.807, 2.05) is 42.5 Å². The lowest BCUT2D eigenvalue weighted by Gasteiger charge is -2.18. The SMILES string of the molecule is CNC(=O)NC(=O)[C@H](C)OC(=O)CS[C@@H](c1ccccc1)c1ccc(Cl)cc1. The highest BCUT2D eigenvalue weighted by atomic mass is 35.5. The van der Waals surface area contributed by atoms with Crippen molar-refractivity contribution >= 4 is 41.3 Å². The van der Waals surface area contributed by atoms with E-state index in [4.69, 9.17) is 16.3 Å². The smallest absolute Gasteiger partial charge is 0.321 e. The van der Waals surface area contributed by atoms with Crippen molar-refractivity contribution in [3.05, 3.63) is 70.7 Å². The average Bonchev–Trinajstić information content (AvgIpc) is 2.70. The molecule has 28 heavy (non-hydrogen) atoms. The molecule has 0 aliphatic carbocycles. The summed E-state index contributed by atoms with van der Waals surface area (Å²) in [5.74, 6) is -1.19. The number of esters is 1. The summed E-state index contributed by atoms with van der Waals surface area (Å²) in [6.07, 6.45) is -1.07. The van der Waals surface area contributed by atoms with Crippen molar-refractivity contribution in [2.75, 3.05) is 12.8 Å². The number of nitrogens with one attached hydrogen (secondary N) is 2. The molecule has 0 saturated heterocycles. The summed E-state index contributed by atoms with van der Waals surface area (Å²) in [5, 5.41) is 4.87. The number of ether oxygens (including phenoxy) is 1. The van der Waals surface area contributed by atoms with Crippen LogP contribution < -0.4 is 10.6 Å².